The van der Waals surface area contributed by atoms with E-state index in [0.717, 1.165) is 138 Å². The van der Waals surface area contributed by atoms with Crippen LogP contribution < -0.4 is 14.2 Å². The number of fused-ring (bicyclic) bond motifs is 35. The van der Waals surface area contributed by atoms with E-state index in [1.54, 1.807) is 0 Å². The first-order valence-corrected chi connectivity index (χ1v) is 49.7. The largest absolute Gasteiger partial charge is 0.453 e. The van der Waals surface area contributed by atoms with Crippen LogP contribution in [0.15, 0.2) is 443 Å². The standard InChI is InChI=1S/C53H34N2O.C40H26N2O.C40H28N2O/c1-2-50-54-46-24-13-25-48-51(46)55(50)47-29-27-33(31-49(47)56-48)32-26-28-37-36-16-5-8-19-40(36)53(45(37)30-32)43-22-11-9-20-41(43)52(42-21-10-12-23-44(42)53)38-17-6-3-14-34(38)35-15-4-7-18-39(35)52;1-2-38-41-34-16-9-17-36-39(34)42(38)35-21-19-25(23-37(35)43-36)24-18-20-29-28-12-5-8-15-32(28)40(33(29)22-24)30-13-6-3-10-26(30)27-11-4-7-14-31(27)40;1-2-38-41-34-18-11-19-36-39(34)42(38)35-23-21-27(25-37(35)43-36)26-20-22-31-30-16-9-10-17-32(30)40(33(31)24-26,28-12-5-3-6-13-28)29-14-7-4-8-15-29/h3-31H,2H2,1H3;3-23H,2H2,1H3;3-25H,2H2,1H3. The minimum atomic E-state index is -0.533. The average Bonchev–Trinajstić information content (AvgIpc) is 1.46. The van der Waals surface area contributed by atoms with Crippen molar-refractivity contribution in [2.75, 3.05) is 0 Å². The lowest BCUT2D eigenvalue weighted by atomic mass is 9.52. The van der Waals surface area contributed by atoms with E-state index in [0.29, 0.717) is 0 Å². The zero-order valence-electron chi connectivity index (χ0n) is 78.2. The summed E-state index contributed by atoms with van der Waals surface area (Å²) in [6.07, 6.45) is 2.54. The molecule has 0 atom stereocenters. The molecule has 9 heteroatoms. The number of ether oxygens (including phenoxy) is 3. The Morgan fingerprint density at radius 2 is 0.401 bits per heavy atom. The van der Waals surface area contributed by atoms with Crippen molar-refractivity contribution in [1.82, 2.24) is 28.7 Å². The van der Waals surface area contributed by atoms with Crippen molar-refractivity contribution in [2.45, 2.75) is 61.7 Å². The zero-order valence-corrected chi connectivity index (χ0v) is 78.2. The van der Waals surface area contributed by atoms with E-state index in [2.05, 4.69) is 447 Å². The SMILES string of the molecule is CCc1nc2cccc3c2n1-c1ccc(-c2ccc4c(c2)C(c2ccccc2)(c2ccccc2)c2ccccc2-4)cc1O3.CCc1nc2cccc3c2n1-c1ccc(-c2ccc4c(c2)C2(c5ccccc5-4)c4ccccc4C4(c5ccccc5-c5ccccc54)c4ccccc42)cc1O3.CCc1nc2cccc3c2n1-c1ccc(-c2ccc4c(c2)C2(c5ccccc5-c5ccccc52)c2ccccc2-4)cc1O3. The molecule has 9 nitrogen and oxygen atoms in total. The summed E-state index contributed by atoms with van der Waals surface area (Å²) in [5.74, 6) is 8.27. The maximum absolute atomic E-state index is 6.67. The Balaban J connectivity index is 0.000000101. The van der Waals surface area contributed by atoms with Gasteiger partial charge in [0.15, 0.2) is 34.5 Å². The molecule has 6 heterocycles. The third-order valence-electron chi connectivity index (χ3n) is 32.3. The summed E-state index contributed by atoms with van der Waals surface area (Å²) in [5.41, 5.74) is 48.7. The number of benzene rings is 20. The van der Waals surface area contributed by atoms with Crippen LogP contribution in [0.2, 0.25) is 0 Å². The number of hydrogen-bond donors (Lipinski definition) is 0. The van der Waals surface area contributed by atoms with Crippen LogP contribution in [-0.2, 0) is 40.9 Å². The minimum absolute atomic E-state index is 0.350. The molecule has 9 aliphatic rings. The predicted molar refractivity (Wildman–Crippen MR) is 570 cm³/mol. The molecule has 3 aliphatic heterocycles. The Bertz CT molecular complexity index is 8950. The van der Waals surface area contributed by atoms with E-state index in [9.17, 15) is 0 Å². The van der Waals surface area contributed by atoms with Crippen LogP contribution in [0.4, 0.5) is 0 Å². The zero-order chi connectivity index (χ0) is 93.6. The van der Waals surface area contributed by atoms with E-state index >= 15 is 0 Å². The quantitative estimate of drug-likeness (QED) is 0.151. The lowest BCUT2D eigenvalue weighted by molar-refractivity contribution is 0.474. The van der Waals surface area contributed by atoms with Gasteiger partial charge in [-0.3, -0.25) is 13.7 Å². The molecule has 142 heavy (non-hydrogen) atoms. The summed E-state index contributed by atoms with van der Waals surface area (Å²) < 4.78 is 26.6. The van der Waals surface area contributed by atoms with Gasteiger partial charge in [-0.05, 0) is 269 Å². The molecular weight excluding hydrogens is 1730 g/mol. The molecule has 6 aliphatic carbocycles. The number of aromatic nitrogens is 6. The molecule has 0 saturated carbocycles. The lowest BCUT2D eigenvalue weighted by Crippen LogP contribution is -2.43. The second-order valence-electron chi connectivity index (χ2n) is 38.8. The van der Waals surface area contributed by atoms with Crippen LogP contribution in [0, 0.1) is 0 Å². The van der Waals surface area contributed by atoms with Gasteiger partial charge in [0, 0.05) is 19.3 Å². The summed E-state index contributed by atoms with van der Waals surface area (Å²) in [7, 11) is 0. The maximum atomic E-state index is 6.67. The van der Waals surface area contributed by atoms with Crippen LogP contribution in [0.5, 0.6) is 34.5 Å². The van der Waals surface area contributed by atoms with Gasteiger partial charge in [0.2, 0.25) is 0 Å². The summed E-state index contributed by atoms with van der Waals surface area (Å²) in [6.45, 7) is 6.48. The van der Waals surface area contributed by atoms with Gasteiger partial charge in [0.1, 0.15) is 34.0 Å². The Morgan fingerprint density at radius 3 is 0.683 bits per heavy atom. The van der Waals surface area contributed by atoms with E-state index in [-0.39, 0.29) is 5.41 Å². The first-order chi connectivity index (χ1) is 70.3. The fourth-order valence-electron chi connectivity index (χ4n) is 26.7. The third-order valence-corrected chi connectivity index (χ3v) is 32.3. The van der Waals surface area contributed by atoms with E-state index < -0.39 is 16.2 Å². The Labute approximate surface area is 821 Å². The molecule has 32 rings (SSSR count). The molecule has 0 fully saturated rings. The fraction of sp³-hybridized carbons (Fsp3) is 0.0752. The molecule has 0 radical (unpaired) electrons. The van der Waals surface area contributed by atoms with E-state index in [1.807, 2.05) is 30.3 Å². The third kappa shape index (κ3) is 10.6. The average molecular weight is 1820 g/mol. The lowest BCUT2D eigenvalue weighted by Gasteiger charge is -2.48. The number of hydrogen-bond acceptors (Lipinski definition) is 6. The first kappa shape index (κ1) is 80.3. The van der Waals surface area contributed by atoms with Gasteiger partial charge in [0.05, 0.1) is 55.3 Å². The van der Waals surface area contributed by atoms with Crippen molar-refractivity contribution in [3.63, 3.8) is 0 Å². The van der Waals surface area contributed by atoms with Gasteiger partial charge in [-0.25, -0.2) is 15.0 Å². The summed E-state index contributed by atoms with van der Waals surface area (Å²) >= 11 is 0. The topological polar surface area (TPSA) is 81.1 Å². The fourth-order valence-corrected chi connectivity index (χ4v) is 26.7. The molecule has 3 spiro atoms. The Hall–Kier alpha value is -17.8. The van der Waals surface area contributed by atoms with Gasteiger partial charge in [-0.2, -0.15) is 0 Å². The van der Waals surface area contributed by atoms with Crippen molar-refractivity contribution < 1.29 is 14.2 Å². The van der Waals surface area contributed by atoms with Crippen molar-refractivity contribution in [1.29, 1.82) is 0 Å². The van der Waals surface area contributed by atoms with Crippen LogP contribution >= 0.6 is 0 Å². The van der Waals surface area contributed by atoms with Crippen LogP contribution in [-0.4, -0.2) is 28.7 Å². The molecule has 3 aromatic heterocycles. The maximum Gasteiger partial charge on any atom is 0.153 e. The second-order valence-corrected chi connectivity index (χ2v) is 38.8. The highest BCUT2D eigenvalue weighted by molar-refractivity contribution is 6.01. The van der Waals surface area contributed by atoms with E-state index in [1.165, 1.54) is 161 Å². The summed E-state index contributed by atoms with van der Waals surface area (Å²) in [4.78, 5) is 14.8. The van der Waals surface area contributed by atoms with E-state index in [4.69, 9.17) is 29.2 Å². The minimum Gasteiger partial charge on any atom is -0.453 e. The molecule has 0 unspecified atom stereocenters. The smallest absolute Gasteiger partial charge is 0.153 e. The Morgan fingerprint density at radius 1 is 0.183 bits per heavy atom. The highest BCUT2D eigenvalue weighted by Gasteiger charge is 2.60. The number of para-hydroxylation sites is 3. The molecule has 0 N–H and O–H groups in total. The monoisotopic (exact) mass is 1820 g/mol. The van der Waals surface area contributed by atoms with Gasteiger partial charge in [0.25, 0.3) is 0 Å². The summed E-state index contributed by atoms with van der Waals surface area (Å²) in [5, 5.41) is 0. The van der Waals surface area contributed by atoms with Crippen LogP contribution in [0.25, 0.3) is 139 Å². The number of imidazole rings is 3. The van der Waals surface area contributed by atoms with Gasteiger partial charge in [-0.15, -0.1) is 0 Å². The second kappa shape index (κ2) is 30.1. The van der Waals surface area contributed by atoms with Gasteiger partial charge >= 0.3 is 0 Å². The molecule has 0 amide bonds. The highest BCUT2D eigenvalue weighted by Crippen LogP contribution is 2.70. The van der Waals surface area contributed by atoms with Crippen LogP contribution in [0.1, 0.15) is 127 Å². The molecule has 23 aromatic rings. The molecule has 0 bridgehead atoms. The highest BCUT2D eigenvalue weighted by atomic mass is 16.5. The van der Waals surface area contributed by atoms with Crippen molar-refractivity contribution in [3.05, 3.63) is 549 Å². The molecule has 668 valence electrons. The number of rotatable bonds is 8. The number of nitrogens with zero attached hydrogens (tertiary/aromatic N) is 6. The summed E-state index contributed by atoms with van der Waals surface area (Å²) in [6, 6.07) is 163. The molecular formula is C133H88N6O3. The normalized spacial score (nSPS) is 14.4. The van der Waals surface area contributed by atoms with Crippen molar-refractivity contribution >= 4 is 33.1 Å². The first-order valence-electron chi connectivity index (χ1n) is 49.7. The number of aryl methyl sites for hydroxylation is 3. The van der Waals surface area contributed by atoms with Crippen molar-refractivity contribution in [2.24, 2.45) is 0 Å². The van der Waals surface area contributed by atoms with Crippen molar-refractivity contribution in [3.8, 4) is 141 Å². The van der Waals surface area contributed by atoms with Gasteiger partial charge < -0.3 is 14.2 Å². The predicted octanol–water partition coefficient (Wildman–Crippen LogP) is 31.8. The molecule has 0 saturated heterocycles. The molecule has 20 aromatic carbocycles. The van der Waals surface area contributed by atoms with Crippen LogP contribution in [0.3, 0.4) is 0 Å². The van der Waals surface area contributed by atoms with Gasteiger partial charge in [-0.1, -0.05) is 373 Å². The Kier molecular flexibility index (Phi) is 17.0.